The Bertz CT molecular complexity index is 57.5. The van der Waals surface area contributed by atoms with E-state index >= 15 is 0 Å². The van der Waals surface area contributed by atoms with Crippen LogP contribution >= 0.6 is 0 Å². The molecule has 0 aliphatic rings. The summed E-state index contributed by atoms with van der Waals surface area (Å²) >= 11 is 0. The number of hydrogen-bond donors (Lipinski definition) is 2. The van der Waals surface area contributed by atoms with Crippen LogP contribution in [0.4, 0.5) is 0 Å². The van der Waals surface area contributed by atoms with Gasteiger partial charge < -0.3 is 12.3 Å². The van der Waals surface area contributed by atoms with Crippen molar-refractivity contribution >= 4 is 0 Å². The van der Waals surface area contributed by atoms with Crippen molar-refractivity contribution in [2.24, 2.45) is 0 Å². The SMILES string of the molecule is C=CC/C=C/C.N.N. The molecule has 2 heteroatoms. The van der Waals surface area contributed by atoms with Gasteiger partial charge in [0.2, 0.25) is 0 Å². The maximum atomic E-state index is 3.55. The van der Waals surface area contributed by atoms with Crippen LogP contribution in [0.15, 0.2) is 24.8 Å². The van der Waals surface area contributed by atoms with E-state index in [2.05, 4.69) is 12.7 Å². The highest BCUT2D eigenvalue weighted by Gasteiger charge is 1.57. The molecule has 0 aliphatic heterocycles. The Labute approximate surface area is 51.5 Å². The first-order chi connectivity index (χ1) is 2.91. The number of allylic oxidation sites excluding steroid dienone is 3. The van der Waals surface area contributed by atoms with Gasteiger partial charge in [0.05, 0.1) is 0 Å². The van der Waals surface area contributed by atoms with E-state index in [4.69, 9.17) is 0 Å². The highest BCUT2D eigenvalue weighted by molar-refractivity contribution is 4.85. The Morgan fingerprint density at radius 3 is 2.00 bits per heavy atom. The molecule has 6 N–H and O–H groups in total. The molecule has 0 bridgehead atoms. The Balaban J connectivity index is -0.000000125. The van der Waals surface area contributed by atoms with Crippen molar-refractivity contribution in [1.29, 1.82) is 0 Å². The summed E-state index contributed by atoms with van der Waals surface area (Å²) in [5.74, 6) is 0. The Hall–Kier alpha value is -0.600. The summed E-state index contributed by atoms with van der Waals surface area (Å²) < 4.78 is 0. The van der Waals surface area contributed by atoms with Gasteiger partial charge in [-0.1, -0.05) is 18.2 Å². The Kier molecular flexibility index (Phi) is 31.6. The second-order valence-corrected chi connectivity index (χ2v) is 1.09. The van der Waals surface area contributed by atoms with Crippen LogP contribution in [0, 0.1) is 0 Å². The third-order valence-corrected chi connectivity index (χ3v) is 0.538. The zero-order valence-electron chi connectivity index (χ0n) is 5.56. The van der Waals surface area contributed by atoms with Gasteiger partial charge >= 0.3 is 0 Å². The van der Waals surface area contributed by atoms with Gasteiger partial charge in [0.15, 0.2) is 0 Å². The van der Waals surface area contributed by atoms with E-state index in [-0.39, 0.29) is 12.3 Å². The van der Waals surface area contributed by atoms with Crippen molar-refractivity contribution in [3.8, 4) is 0 Å². The molecule has 0 aromatic carbocycles. The van der Waals surface area contributed by atoms with Crippen LogP contribution in [0.5, 0.6) is 0 Å². The molecule has 0 fully saturated rings. The summed E-state index contributed by atoms with van der Waals surface area (Å²) in [7, 11) is 0. The lowest BCUT2D eigenvalue weighted by atomic mass is 10.4. The molecule has 0 amide bonds. The highest BCUT2D eigenvalue weighted by Crippen LogP contribution is 1.78. The van der Waals surface area contributed by atoms with Crippen LogP contribution in [-0.4, -0.2) is 0 Å². The summed E-state index contributed by atoms with van der Waals surface area (Å²) in [5, 5.41) is 0. The van der Waals surface area contributed by atoms with Gasteiger partial charge in [-0.2, -0.15) is 0 Å². The van der Waals surface area contributed by atoms with Crippen molar-refractivity contribution in [2.75, 3.05) is 0 Å². The van der Waals surface area contributed by atoms with E-state index in [9.17, 15) is 0 Å². The first-order valence-corrected chi connectivity index (χ1v) is 2.14. The van der Waals surface area contributed by atoms with Gasteiger partial charge in [-0.05, 0) is 13.3 Å². The predicted molar refractivity (Wildman–Crippen MR) is 39.7 cm³/mol. The van der Waals surface area contributed by atoms with Crippen LogP contribution in [-0.2, 0) is 0 Å². The van der Waals surface area contributed by atoms with Gasteiger partial charge in [-0.15, -0.1) is 6.58 Å². The zero-order valence-corrected chi connectivity index (χ0v) is 5.56. The van der Waals surface area contributed by atoms with Crippen LogP contribution in [0.3, 0.4) is 0 Å². The van der Waals surface area contributed by atoms with Gasteiger partial charge in [0.1, 0.15) is 0 Å². The second-order valence-electron chi connectivity index (χ2n) is 1.09. The molecule has 0 aromatic rings. The monoisotopic (exact) mass is 116 g/mol. The molecule has 0 rings (SSSR count). The van der Waals surface area contributed by atoms with Crippen LogP contribution in [0.2, 0.25) is 0 Å². The minimum Gasteiger partial charge on any atom is -0.344 e. The first kappa shape index (κ1) is 15.7. The molecule has 50 valence electrons. The third-order valence-electron chi connectivity index (χ3n) is 0.538. The summed E-state index contributed by atoms with van der Waals surface area (Å²) in [6, 6.07) is 0. The zero-order chi connectivity index (χ0) is 4.83. The fourth-order valence-electron chi connectivity index (χ4n) is 0.232. The molecule has 0 saturated heterocycles. The minimum atomic E-state index is 0. The van der Waals surface area contributed by atoms with Crippen LogP contribution in [0.25, 0.3) is 0 Å². The van der Waals surface area contributed by atoms with Crippen LogP contribution in [0.1, 0.15) is 13.3 Å². The molecular formula is C6H16N2. The lowest BCUT2D eigenvalue weighted by molar-refractivity contribution is 1.39. The van der Waals surface area contributed by atoms with Crippen molar-refractivity contribution in [2.45, 2.75) is 13.3 Å². The predicted octanol–water partition coefficient (Wildman–Crippen LogP) is 2.46. The van der Waals surface area contributed by atoms with E-state index < -0.39 is 0 Å². The highest BCUT2D eigenvalue weighted by atomic mass is 14.0. The molecule has 0 unspecified atom stereocenters. The number of hydrogen-bond acceptors (Lipinski definition) is 2. The minimum absolute atomic E-state index is 0. The fourth-order valence-corrected chi connectivity index (χ4v) is 0.232. The topological polar surface area (TPSA) is 70.0 Å². The Morgan fingerprint density at radius 1 is 1.38 bits per heavy atom. The molecule has 2 nitrogen and oxygen atoms in total. The molecule has 0 aromatic heterocycles. The maximum absolute atomic E-state index is 3.55. The number of rotatable bonds is 2. The van der Waals surface area contributed by atoms with Crippen molar-refractivity contribution in [1.82, 2.24) is 12.3 Å². The molecular weight excluding hydrogens is 100 g/mol. The summed E-state index contributed by atoms with van der Waals surface area (Å²) in [6.07, 6.45) is 6.95. The molecule has 8 heavy (non-hydrogen) atoms. The van der Waals surface area contributed by atoms with E-state index in [1.807, 2.05) is 19.1 Å². The van der Waals surface area contributed by atoms with Gasteiger partial charge in [0, 0.05) is 0 Å². The first-order valence-electron chi connectivity index (χ1n) is 2.14. The molecule has 0 saturated carbocycles. The second kappa shape index (κ2) is 16.1. The van der Waals surface area contributed by atoms with Crippen molar-refractivity contribution in [3.63, 3.8) is 0 Å². The van der Waals surface area contributed by atoms with E-state index in [0.29, 0.717) is 0 Å². The lowest BCUT2D eigenvalue weighted by Gasteiger charge is -1.69. The molecule has 0 atom stereocenters. The lowest BCUT2D eigenvalue weighted by Crippen LogP contribution is -1.48. The van der Waals surface area contributed by atoms with E-state index in [0.717, 1.165) is 6.42 Å². The maximum Gasteiger partial charge on any atom is -0.0172 e. The van der Waals surface area contributed by atoms with Crippen molar-refractivity contribution in [3.05, 3.63) is 24.8 Å². The molecule has 0 radical (unpaired) electrons. The average molecular weight is 116 g/mol. The third kappa shape index (κ3) is 18.2. The van der Waals surface area contributed by atoms with Gasteiger partial charge in [0.25, 0.3) is 0 Å². The largest absolute Gasteiger partial charge is 0.344 e. The standard InChI is InChI=1S/C6H10.2H3N/c1-3-5-6-4-2;;/h3-4,6H,1,5H2,2H3;2*1H3/b6-4+;;. The van der Waals surface area contributed by atoms with Crippen molar-refractivity contribution < 1.29 is 0 Å². The fraction of sp³-hybridized carbons (Fsp3) is 0.333. The van der Waals surface area contributed by atoms with Gasteiger partial charge in [-0.3, -0.25) is 0 Å². The Morgan fingerprint density at radius 2 is 1.88 bits per heavy atom. The summed E-state index contributed by atoms with van der Waals surface area (Å²) in [4.78, 5) is 0. The van der Waals surface area contributed by atoms with E-state index in [1.165, 1.54) is 0 Å². The quantitative estimate of drug-likeness (QED) is 0.544. The van der Waals surface area contributed by atoms with E-state index in [1.54, 1.807) is 0 Å². The van der Waals surface area contributed by atoms with Gasteiger partial charge in [-0.25, -0.2) is 0 Å². The smallest absolute Gasteiger partial charge is 0.0172 e. The molecule has 0 aliphatic carbocycles. The molecule has 0 spiro atoms. The molecule has 0 heterocycles. The average Bonchev–Trinajstić information content (AvgIpc) is 1.61. The summed E-state index contributed by atoms with van der Waals surface area (Å²) in [5.41, 5.74) is 0. The summed E-state index contributed by atoms with van der Waals surface area (Å²) in [6.45, 7) is 5.55. The van der Waals surface area contributed by atoms with Crippen LogP contribution < -0.4 is 12.3 Å². The normalized spacial score (nSPS) is 7.12.